The van der Waals surface area contributed by atoms with Crippen molar-refractivity contribution in [2.75, 3.05) is 0 Å². The first kappa shape index (κ1) is 10.9. The Morgan fingerprint density at radius 1 is 1.33 bits per heavy atom. The first-order valence-corrected chi connectivity index (χ1v) is 6.28. The molecular weight excluding hydrogens is 188 g/mol. The molecule has 3 nitrogen and oxygen atoms in total. The van der Waals surface area contributed by atoms with Gasteiger partial charge in [-0.25, -0.2) is 0 Å². The van der Waals surface area contributed by atoms with E-state index in [9.17, 15) is 4.79 Å². The van der Waals surface area contributed by atoms with Crippen molar-refractivity contribution in [1.29, 1.82) is 0 Å². The predicted octanol–water partition coefficient (Wildman–Crippen LogP) is 1.42. The normalized spacial score (nSPS) is 22.9. The standard InChI is InChI=1S/C12H22N2O/c1-2-3-10(13)12(15)14-11(8-4-5-8)9-6-7-9/h8-11H,2-7,13H2,1H3,(H,14,15). The molecule has 86 valence electrons. The van der Waals surface area contributed by atoms with Crippen LogP contribution in [0, 0.1) is 11.8 Å². The lowest BCUT2D eigenvalue weighted by Crippen LogP contribution is -2.47. The van der Waals surface area contributed by atoms with Gasteiger partial charge in [0.2, 0.25) is 5.91 Å². The summed E-state index contributed by atoms with van der Waals surface area (Å²) in [5, 5.41) is 3.16. The van der Waals surface area contributed by atoms with E-state index in [0.29, 0.717) is 6.04 Å². The quantitative estimate of drug-likeness (QED) is 0.696. The average Bonchev–Trinajstić information content (AvgIpc) is 3.03. The molecule has 0 aromatic carbocycles. The molecule has 3 heteroatoms. The number of nitrogens with two attached hydrogens (primary N) is 1. The summed E-state index contributed by atoms with van der Waals surface area (Å²) in [5.41, 5.74) is 5.81. The second-order valence-electron chi connectivity index (χ2n) is 5.10. The van der Waals surface area contributed by atoms with Crippen molar-refractivity contribution in [1.82, 2.24) is 5.32 Å². The summed E-state index contributed by atoms with van der Waals surface area (Å²) in [5.74, 6) is 1.59. The van der Waals surface area contributed by atoms with Gasteiger partial charge in [0.1, 0.15) is 0 Å². The first-order valence-electron chi connectivity index (χ1n) is 6.28. The number of carbonyl (C=O) groups excluding carboxylic acids is 1. The monoisotopic (exact) mass is 210 g/mol. The molecule has 0 spiro atoms. The van der Waals surface area contributed by atoms with Crippen molar-refractivity contribution in [3.05, 3.63) is 0 Å². The Hall–Kier alpha value is -0.570. The van der Waals surface area contributed by atoms with Crippen molar-refractivity contribution >= 4 is 5.91 Å². The molecule has 2 rings (SSSR count). The lowest BCUT2D eigenvalue weighted by atomic mass is 10.1. The largest absolute Gasteiger partial charge is 0.351 e. The minimum atomic E-state index is -0.296. The highest BCUT2D eigenvalue weighted by molar-refractivity contribution is 5.81. The molecule has 0 aromatic rings. The maximum Gasteiger partial charge on any atom is 0.237 e. The number of hydrogen-bond acceptors (Lipinski definition) is 2. The highest BCUT2D eigenvalue weighted by Crippen LogP contribution is 2.44. The Bertz CT molecular complexity index is 222. The molecule has 0 radical (unpaired) electrons. The third-order valence-corrected chi connectivity index (χ3v) is 3.51. The van der Waals surface area contributed by atoms with Crippen LogP contribution in [0.15, 0.2) is 0 Å². The van der Waals surface area contributed by atoms with Gasteiger partial charge >= 0.3 is 0 Å². The van der Waals surface area contributed by atoms with E-state index < -0.39 is 0 Å². The Balaban J connectivity index is 1.80. The van der Waals surface area contributed by atoms with E-state index in [1.807, 2.05) is 0 Å². The van der Waals surface area contributed by atoms with Gasteiger partial charge in [0.15, 0.2) is 0 Å². The lowest BCUT2D eigenvalue weighted by molar-refractivity contribution is -0.123. The maximum atomic E-state index is 11.8. The number of hydrogen-bond donors (Lipinski definition) is 2. The predicted molar refractivity (Wildman–Crippen MR) is 60.3 cm³/mol. The molecule has 0 heterocycles. The van der Waals surface area contributed by atoms with E-state index in [1.165, 1.54) is 25.7 Å². The topological polar surface area (TPSA) is 55.1 Å². The molecule has 2 saturated carbocycles. The van der Waals surface area contributed by atoms with Crippen LogP contribution in [0.3, 0.4) is 0 Å². The molecule has 1 unspecified atom stereocenters. The molecule has 0 aliphatic heterocycles. The zero-order valence-corrected chi connectivity index (χ0v) is 9.54. The molecule has 0 saturated heterocycles. The molecule has 3 N–H and O–H groups in total. The lowest BCUT2D eigenvalue weighted by Gasteiger charge is -2.20. The molecule has 2 aliphatic rings. The van der Waals surface area contributed by atoms with Gasteiger partial charge in [-0.15, -0.1) is 0 Å². The fourth-order valence-corrected chi connectivity index (χ4v) is 2.24. The summed E-state index contributed by atoms with van der Waals surface area (Å²) in [6.07, 6.45) is 6.96. The van der Waals surface area contributed by atoms with Crippen LogP contribution < -0.4 is 11.1 Å². The highest BCUT2D eigenvalue weighted by atomic mass is 16.2. The van der Waals surface area contributed by atoms with Crippen LogP contribution in [0.25, 0.3) is 0 Å². The summed E-state index contributed by atoms with van der Waals surface area (Å²) in [6, 6.07) is 0.149. The van der Waals surface area contributed by atoms with Crippen molar-refractivity contribution in [3.8, 4) is 0 Å². The van der Waals surface area contributed by atoms with Crippen molar-refractivity contribution < 1.29 is 4.79 Å². The van der Waals surface area contributed by atoms with E-state index in [-0.39, 0.29) is 11.9 Å². The summed E-state index contributed by atoms with van der Waals surface area (Å²) in [4.78, 5) is 11.8. The number of rotatable bonds is 6. The molecule has 0 aromatic heterocycles. The SMILES string of the molecule is CCCC(N)C(=O)NC(C1CC1)C1CC1. The summed E-state index contributed by atoms with van der Waals surface area (Å²) in [6.45, 7) is 2.06. The summed E-state index contributed by atoms with van der Waals surface area (Å²) in [7, 11) is 0. The number of nitrogens with one attached hydrogen (secondary N) is 1. The van der Waals surface area contributed by atoms with E-state index >= 15 is 0 Å². The zero-order chi connectivity index (χ0) is 10.8. The first-order chi connectivity index (χ1) is 7.22. The average molecular weight is 210 g/mol. The van der Waals surface area contributed by atoms with Gasteiger partial charge < -0.3 is 11.1 Å². The Morgan fingerprint density at radius 3 is 2.27 bits per heavy atom. The van der Waals surface area contributed by atoms with Gasteiger partial charge in [0.25, 0.3) is 0 Å². The summed E-state index contributed by atoms with van der Waals surface area (Å²) < 4.78 is 0. The van der Waals surface area contributed by atoms with Crippen molar-refractivity contribution in [3.63, 3.8) is 0 Å². The fourth-order valence-electron chi connectivity index (χ4n) is 2.24. The summed E-state index contributed by atoms with van der Waals surface area (Å²) >= 11 is 0. The van der Waals surface area contributed by atoms with E-state index in [1.54, 1.807) is 0 Å². The van der Waals surface area contributed by atoms with Crippen LogP contribution in [0.5, 0.6) is 0 Å². The zero-order valence-electron chi connectivity index (χ0n) is 9.54. The van der Waals surface area contributed by atoms with Crippen LogP contribution in [0.2, 0.25) is 0 Å². The molecule has 15 heavy (non-hydrogen) atoms. The van der Waals surface area contributed by atoms with Gasteiger partial charge in [-0.05, 0) is 43.9 Å². The van der Waals surface area contributed by atoms with E-state index in [0.717, 1.165) is 24.7 Å². The van der Waals surface area contributed by atoms with Crippen molar-refractivity contribution in [2.24, 2.45) is 17.6 Å². The Labute approximate surface area is 91.8 Å². The van der Waals surface area contributed by atoms with Crippen LogP contribution in [-0.4, -0.2) is 18.0 Å². The van der Waals surface area contributed by atoms with Crippen molar-refractivity contribution in [2.45, 2.75) is 57.5 Å². The Kier molecular flexibility index (Phi) is 3.29. The van der Waals surface area contributed by atoms with Crippen LogP contribution in [0.4, 0.5) is 0 Å². The molecule has 2 aliphatic carbocycles. The van der Waals surface area contributed by atoms with Gasteiger partial charge in [-0.1, -0.05) is 13.3 Å². The molecule has 1 amide bonds. The Morgan fingerprint density at radius 2 is 1.87 bits per heavy atom. The number of amides is 1. The molecular formula is C12H22N2O. The fraction of sp³-hybridized carbons (Fsp3) is 0.917. The van der Waals surface area contributed by atoms with Gasteiger partial charge in [0.05, 0.1) is 6.04 Å². The molecule has 2 fully saturated rings. The number of carbonyl (C=O) groups is 1. The van der Waals surface area contributed by atoms with Crippen LogP contribution in [-0.2, 0) is 4.79 Å². The maximum absolute atomic E-state index is 11.8. The second-order valence-corrected chi connectivity index (χ2v) is 5.10. The third-order valence-electron chi connectivity index (χ3n) is 3.51. The van der Waals surface area contributed by atoms with Gasteiger partial charge in [0, 0.05) is 6.04 Å². The van der Waals surface area contributed by atoms with Gasteiger partial charge in [-0.2, -0.15) is 0 Å². The minimum absolute atomic E-state index is 0.0700. The van der Waals surface area contributed by atoms with Crippen LogP contribution in [0.1, 0.15) is 45.4 Å². The van der Waals surface area contributed by atoms with Crippen LogP contribution >= 0.6 is 0 Å². The molecule has 0 bridgehead atoms. The van der Waals surface area contributed by atoms with E-state index in [2.05, 4.69) is 12.2 Å². The van der Waals surface area contributed by atoms with Gasteiger partial charge in [-0.3, -0.25) is 4.79 Å². The smallest absolute Gasteiger partial charge is 0.237 e. The third kappa shape index (κ3) is 2.94. The minimum Gasteiger partial charge on any atom is -0.351 e. The second kappa shape index (κ2) is 4.52. The molecule has 1 atom stereocenters. The van der Waals surface area contributed by atoms with E-state index in [4.69, 9.17) is 5.73 Å². The highest BCUT2D eigenvalue weighted by Gasteiger charge is 2.42.